The number of aliphatic hydroxyl groups excluding tert-OH is 5. The predicted molar refractivity (Wildman–Crippen MR) is 60.3 cm³/mol. The van der Waals surface area contributed by atoms with E-state index >= 15 is 0 Å². The molecule has 1 aliphatic heterocycles. The van der Waals surface area contributed by atoms with Gasteiger partial charge in [-0.2, -0.15) is 0 Å². The Kier molecular flexibility index (Phi) is 6.25. The van der Waals surface area contributed by atoms with E-state index in [0.717, 1.165) is 0 Å². The molecule has 1 aliphatic rings. The molecule has 0 aromatic carbocycles. The van der Waals surface area contributed by atoms with Crippen LogP contribution in [0.2, 0.25) is 0 Å². The Bertz CT molecular complexity index is 398. The smallest absolute Gasteiger partial charge is 0.186 e. The molecule has 1 saturated heterocycles. The van der Waals surface area contributed by atoms with E-state index < -0.39 is 65.9 Å². The maximum Gasteiger partial charge on any atom is 0.186 e. The van der Waals surface area contributed by atoms with Crippen LogP contribution in [0.3, 0.4) is 0 Å². The highest BCUT2D eigenvalue weighted by Gasteiger charge is 2.44. The Balaban J connectivity index is 2.70. The molecule has 5 N–H and O–H groups in total. The van der Waals surface area contributed by atoms with E-state index in [4.69, 9.17) is 19.7 Å². The van der Waals surface area contributed by atoms with Crippen LogP contribution in [0.25, 0.3) is 0 Å². The Morgan fingerprint density at radius 3 is 2.30 bits per heavy atom. The van der Waals surface area contributed by atoms with Gasteiger partial charge in [-0.25, -0.2) is 8.42 Å². The summed E-state index contributed by atoms with van der Waals surface area (Å²) >= 11 is 0. The van der Waals surface area contributed by atoms with Gasteiger partial charge in [0, 0.05) is 0 Å². The summed E-state index contributed by atoms with van der Waals surface area (Å²) in [6.07, 6.45) is -9.67. The Labute approximate surface area is 114 Å². The third kappa shape index (κ3) is 4.87. The fourth-order valence-electron chi connectivity index (χ4n) is 1.65. The number of aliphatic hydroxyl groups is 5. The monoisotopic (exact) mass is 317 g/mol. The number of ether oxygens (including phenoxy) is 2. The summed E-state index contributed by atoms with van der Waals surface area (Å²) < 4.78 is 41.7. The molecule has 0 saturated carbocycles. The lowest BCUT2D eigenvalue weighted by Gasteiger charge is -2.40. The summed E-state index contributed by atoms with van der Waals surface area (Å²) in [4.78, 5) is 0. The molecule has 0 spiro atoms. The third-order valence-corrected chi connectivity index (χ3v) is 3.44. The molecule has 0 aromatic rings. The van der Waals surface area contributed by atoms with E-state index in [1.807, 2.05) is 0 Å². The quantitative estimate of drug-likeness (QED) is 0.301. The summed E-state index contributed by atoms with van der Waals surface area (Å²) in [5.41, 5.74) is 0. The molecule has 11 heteroatoms. The van der Waals surface area contributed by atoms with Gasteiger partial charge in [0.1, 0.15) is 30.5 Å². The SMILES string of the molecule is O=S(=O)([O-])C[C@H]1O[C@H](OC[C@@H](O)CO)[C@H](O)[C@@H](O)[C@@H]1O. The van der Waals surface area contributed by atoms with Crippen molar-refractivity contribution in [1.82, 2.24) is 0 Å². The van der Waals surface area contributed by atoms with Crippen LogP contribution >= 0.6 is 0 Å². The van der Waals surface area contributed by atoms with Crippen molar-refractivity contribution in [1.29, 1.82) is 0 Å². The van der Waals surface area contributed by atoms with Crippen molar-refractivity contribution < 1.29 is 48.0 Å². The Morgan fingerprint density at radius 1 is 1.20 bits per heavy atom. The number of hydrogen-bond acceptors (Lipinski definition) is 10. The zero-order valence-electron chi connectivity index (χ0n) is 10.3. The van der Waals surface area contributed by atoms with Gasteiger partial charge in [0.2, 0.25) is 0 Å². The van der Waals surface area contributed by atoms with Crippen molar-refractivity contribution in [2.75, 3.05) is 19.0 Å². The lowest BCUT2D eigenvalue weighted by Crippen LogP contribution is -2.60. The van der Waals surface area contributed by atoms with Crippen LogP contribution in [0, 0.1) is 0 Å². The Hall–Kier alpha value is -0.370. The van der Waals surface area contributed by atoms with Crippen LogP contribution in [0.1, 0.15) is 0 Å². The predicted octanol–water partition coefficient (Wildman–Crippen LogP) is -4.29. The zero-order valence-corrected chi connectivity index (χ0v) is 11.1. The standard InChI is InChI=1S/C9H18O10S/c10-1-4(11)2-18-9-8(14)7(13)6(12)5(19-9)3-20(15,16)17/h4-14H,1-3H2,(H,15,16,17)/p-1/t4-,5+,6+,7-,8+,9-/m0/s1. The van der Waals surface area contributed by atoms with Crippen molar-refractivity contribution in [3.05, 3.63) is 0 Å². The van der Waals surface area contributed by atoms with Gasteiger partial charge < -0.3 is 39.6 Å². The van der Waals surface area contributed by atoms with Gasteiger partial charge >= 0.3 is 0 Å². The molecule has 10 nitrogen and oxygen atoms in total. The van der Waals surface area contributed by atoms with Crippen molar-refractivity contribution in [3.8, 4) is 0 Å². The van der Waals surface area contributed by atoms with E-state index in [1.165, 1.54) is 0 Å². The van der Waals surface area contributed by atoms with Gasteiger partial charge in [-0.1, -0.05) is 0 Å². The summed E-state index contributed by atoms with van der Waals surface area (Å²) in [6, 6.07) is 0. The maximum atomic E-state index is 10.6. The third-order valence-electron chi connectivity index (χ3n) is 2.70. The molecule has 0 radical (unpaired) electrons. The largest absolute Gasteiger partial charge is 0.748 e. The van der Waals surface area contributed by atoms with Gasteiger partial charge in [-0.15, -0.1) is 0 Å². The molecule has 0 aromatic heterocycles. The molecule has 20 heavy (non-hydrogen) atoms. The first-order valence-electron chi connectivity index (χ1n) is 5.69. The molecule has 0 bridgehead atoms. The highest BCUT2D eigenvalue weighted by molar-refractivity contribution is 7.85. The highest BCUT2D eigenvalue weighted by atomic mass is 32.2. The topological polar surface area (TPSA) is 177 Å². The van der Waals surface area contributed by atoms with Crippen LogP contribution < -0.4 is 0 Å². The minimum absolute atomic E-state index is 0.460. The number of rotatable bonds is 6. The molecule has 1 heterocycles. The van der Waals surface area contributed by atoms with Gasteiger partial charge in [0.15, 0.2) is 6.29 Å². The molecule has 0 unspecified atom stereocenters. The van der Waals surface area contributed by atoms with Crippen LogP contribution in [0.15, 0.2) is 0 Å². The molecule has 1 rings (SSSR count). The number of hydrogen-bond donors (Lipinski definition) is 5. The van der Waals surface area contributed by atoms with E-state index in [9.17, 15) is 28.3 Å². The van der Waals surface area contributed by atoms with Crippen LogP contribution in [0.5, 0.6) is 0 Å². The van der Waals surface area contributed by atoms with E-state index in [-0.39, 0.29) is 0 Å². The fraction of sp³-hybridized carbons (Fsp3) is 1.00. The summed E-state index contributed by atoms with van der Waals surface area (Å²) in [5.74, 6) is -1.11. The molecule has 1 fully saturated rings. The fourth-order valence-corrected chi connectivity index (χ4v) is 2.33. The lowest BCUT2D eigenvalue weighted by atomic mass is 10.00. The average Bonchev–Trinajstić information content (AvgIpc) is 2.36. The van der Waals surface area contributed by atoms with Crippen molar-refractivity contribution >= 4 is 10.1 Å². The second-order valence-electron chi connectivity index (χ2n) is 4.41. The minimum Gasteiger partial charge on any atom is -0.748 e. The van der Waals surface area contributed by atoms with Crippen LogP contribution in [-0.4, -0.2) is 94.3 Å². The molecule has 6 atom stereocenters. The first kappa shape index (κ1) is 17.7. The van der Waals surface area contributed by atoms with Crippen molar-refractivity contribution in [3.63, 3.8) is 0 Å². The van der Waals surface area contributed by atoms with Crippen LogP contribution in [-0.2, 0) is 19.6 Å². The molecule has 0 aliphatic carbocycles. The Morgan fingerprint density at radius 2 is 1.80 bits per heavy atom. The normalized spacial score (nSPS) is 36.8. The van der Waals surface area contributed by atoms with Crippen molar-refractivity contribution in [2.24, 2.45) is 0 Å². The second-order valence-corrected chi connectivity index (χ2v) is 5.86. The van der Waals surface area contributed by atoms with Gasteiger partial charge in [-0.05, 0) is 0 Å². The summed E-state index contributed by atoms with van der Waals surface area (Å²) in [7, 11) is -4.73. The van der Waals surface area contributed by atoms with Crippen LogP contribution in [0.4, 0.5) is 0 Å². The summed E-state index contributed by atoms with van der Waals surface area (Å²) in [6.45, 7) is -1.08. The van der Waals surface area contributed by atoms with E-state index in [1.54, 1.807) is 0 Å². The first-order chi connectivity index (χ1) is 9.15. The van der Waals surface area contributed by atoms with Gasteiger partial charge in [-0.3, -0.25) is 0 Å². The van der Waals surface area contributed by atoms with Gasteiger partial charge in [0.25, 0.3) is 0 Å². The van der Waals surface area contributed by atoms with Crippen molar-refractivity contribution in [2.45, 2.75) is 36.8 Å². The summed E-state index contributed by atoms with van der Waals surface area (Å²) in [5, 5.41) is 46.3. The second kappa shape index (κ2) is 7.06. The molecule has 0 amide bonds. The highest BCUT2D eigenvalue weighted by Crippen LogP contribution is 2.23. The molecular formula is C9H17O10S-. The zero-order chi connectivity index (χ0) is 15.5. The lowest BCUT2D eigenvalue weighted by molar-refractivity contribution is -0.296. The molecule has 120 valence electrons. The van der Waals surface area contributed by atoms with E-state index in [2.05, 4.69) is 0 Å². The first-order valence-corrected chi connectivity index (χ1v) is 7.27. The van der Waals surface area contributed by atoms with E-state index in [0.29, 0.717) is 0 Å². The molecular weight excluding hydrogens is 300 g/mol. The van der Waals surface area contributed by atoms with Gasteiger partial charge in [0.05, 0.1) is 29.1 Å². The average molecular weight is 317 g/mol. The maximum absolute atomic E-state index is 10.6. The minimum atomic E-state index is -4.73.